The molecule has 0 aliphatic heterocycles. The first-order valence-corrected chi connectivity index (χ1v) is 4.90. The first kappa shape index (κ1) is 12.3. The summed E-state index contributed by atoms with van der Waals surface area (Å²) in [5.41, 5.74) is 5.17. The van der Waals surface area contributed by atoms with Gasteiger partial charge in [-0.1, -0.05) is 6.92 Å². The van der Waals surface area contributed by atoms with Crippen molar-refractivity contribution in [2.45, 2.75) is 13.3 Å². The highest BCUT2D eigenvalue weighted by molar-refractivity contribution is 5.98. The number of benzene rings is 1. The van der Waals surface area contributed by atoms with Crippen LogP contribution in [0.3, 0.4) is 0 Å². The van der Waals surface area contributed by atoms with Crippen LogP contribution in [0.5, 0.6) is 5.75 Å². The van der Waals surface area contributed by atoms with E-state index < -0.39 is 11.8 Å². The van der Waals surface area contributed by atoms with Gasteiger partial charge in [0.15, 0.2) is 0 Å². The zero-order valence-corrected chi connectivity index (χ0v) is 9.25. The number of rotatable bonds is 4. The smallest absolute Gasteiger partial charge is 0.344 e. The third-order valence-electron chi connectivity index (χ3n) is 2.02. The van der Waals surface area contributed by atoms with Crippen LogP contribution in [0.4, 0.5) is 10.1 Å². The Balaban J connectivity index is 3.09. The Labute approximate surface area is 93.2 Å². The Kier molecular flexibility index (Phi) is 4.10. The monoisotopic (exact) mass is 227 g/mol. The van der Waals surface area contributed by atoms with Crippen LogP contribution in [-0.2, 0) is 4.74 Å². The molecule has 0 radical (unpaired) electrons. The Bertz CT molecular complexity index is 393. The molecule has 0 aliphatic rings. The molecule has 0 bridgehead atoms. The lowest BCUT2D eigenvalue weighted by molar-refractivity contribution is 0.0502. The minimum absolute atomic E-state index is 0.0593. The van der Waals surface area contributed by atoms with E-state index >= 15 is 0 Å². The Hall–Kier alpha value is -1.78. The first-order chi connectivity index (χ1) is 7.61. The summed E-state index contributed by atoms with van der Waals surface area (Å²) in [5.74, 6) is -1.13. The van der Waals surface area contributed by atoms with Gasteiger partial charge in [0.25, 0.3) is 0 Å². The fraction of sp³-hybridized carbons (Fsp3) is 0.364. The van der Waals surface area contributed by atoms with Crippen molar-refractivity contribution in [2.24, 2.45) is 0 Å². The number of hydrogen-bond donors (Lipinski definition) is 1. The molecule has 0 aromatic heterocycles. The number of hydrogen-bond acceptors (Lipinski definition) is 4. The van der Waals surface area contributed by atoms with Crippen molar-refractivity contribution < 1.29 is 18.7 Å². The summed E-state index contributed by atoms with van der Waals surface area (Å²) in [4.78, 5) is 11.6. The van der Waals surface area contributed by atoms with Crippen molar-refractivity contribution in [3.05, 3.63) is 23.5 Å². The van der Waals surface area contributed by atoms with Gasteiger partial charge < -0.3 is 15.2 Å². The molecule has 2 N–H and O–H groups in total. The molecule has 16 heavy (non-hydrogen) atoms. The molecule has 0 heterocycles. The van der Waals surface area contributed by atoms with Crippen LogP contribution < -0.4 is 10.5 Å². The van der Waals surface area contributed by atoms with Crippen LogP contribution >= 0.6 is 0 Å². The van der Waals surface area contributed by atoms with Gasteiger partial charge in [-0.15, -0.1) is 0 Å². The third kappa shape index (κ3) is 2.42. The fourth-order valence-corrected chi connectivity index (χ4v) is 1.22. The number of halogens is 1. The molecule has 1 aromatic rings. The zero-order chi connectivity index (χ0) is 12.1. The summed E-state index contributed by atoms with van der Waals surface area (Å²) in [5, 5.41) is 0. The summed E-state index contributed by atoms with van der Waals surface area (Å²) in [6.45, 7) is 2.12. The van der Waals surface area contributed by atoms with Gasteiger partial charge in [0, 0.05) is 0 Å². The number of anilines is 1. The molecule has 0 saturated heterocycles. The minimum atomic E-state index is -0.671. The molecule has 0 amide bonds. The number of methoxy groups -OCH3 is 1. The van der Waals surface area contributed by atoms with E-state index in [0.717, 1.165) is 6.07 Å². The number of carbonyl (C=O) groups is 1. The second kappa shape index (κ2) is 5.34. The van der Waals surface area contributed by atoms with Crippen molar-refractivity contribution in [1.82, 2.24) is 0 Å². The normalized spacial score (nSPS) is 9.94. The van der Waals surface area contributed by atoms with Crippen molar-refractivity contribution >= 4 is 11.7 Å². The SMILES string of the molecule is CCCOC(=O)c1c(OC)ccc(F)c1N. The van der Waals surface area contributed by atoms with E-state index in [1.54, 1.807) is 0 Å². The highest BCUT2D eigenvalue weighted by atomic mass is 19.1. The Morgan fingerprint density at radius 1 is 1.50 bits per heavy atom. The van der Waals surface area contributed by atoms with Crippen molar-refractivity contribution in [1.29, 1.82) is 0 Å². The average Bonchev–Trinajstić information content (AvgIpc) is 2.29. The predicted molar refractivity (Wildman–Crippen MR) is 57.9 cm³/mol. The quantitative estimate of drug-likeness (QED) is 0.631. The fourth-order valence-electron chi connectivity index (χ4n) is 1.22. The second-order valence-electron chi connectivity index (χ2n) is 3.17. The number of nitrogen functional groups attached to an aromatic ring is 1. The summed E-state index contributed by atoms with van der Waals surface area (Å²) >= 11 is 0. The molecular weight excluding hydrogens is 213 g/mol. The summed E-state index contributed by atoms with van der Waals surface area (Å²) in [6.07, 6.45) is 0.684. The predicted octanol–water partition coefficient (Wildman–Crippen LogP) is 1.98. The topological polar surface area (TPSA) is 61.5 Å². The molecule has 1 rings (SSSR count). The van der Waals surface area contributed by atoms with E-state index in [1.165, 1.54) is 13.2 Å². The van der Waals surface area contributed by atoms with Crippen LogP contribution in [0.1, 0.15) is 23.7 Å². The molecule has 4 nitrogen and oxygen atoms in total. The summed E-state index contributed by atoms with van der Waals surface area (Å²) in [7, 11) is 1.38. The van der Waals surface area contributed by atoms with Crippen molar-refractivity contribution in [2.75, 3.05) is 19.5 Å². The average molecular weight is 227 g/mol. The number of esters is 1. The second-order valence-corrected chi connectivity index (χ2v) is 3.17. The van der Waals surface area contributed by atoms with Crippen LogP contribution in [-0.4, -0.2) is 19.7 Å². The van der Waals surface area contributed by atoms with Gasteiger partial charge in [0.2, 0.25) is 0 Å². The Morgan fingerprint density at radius 3 is 2.75 bits per heavy atom. The van der Waals surface area contributed by atoms with Crippen LogP contribution in [0.15, 0.2) is 12.1 Å². The largest absolute Gasteiger partial charge is 0.496 e. The molecule has 0 aliphatic carbocycles. The maximum Gasteiger partial charge on any atom is 0.344 e. The van der Waals surface area contributed by atoms with Crippen molar-refractivity contribution in [3.63, 3.8) is 0 Å². The van der Waals surface area contributed by atoms with E-state index in [4.69, 9.17) is 15.2 Å². The highest BCUT2D eigenvalue weighted by Gasteiger charge is 2.20. The summed E-state index contributed by atoms with van der Waals surface area (Å²) < 4.78 is 23.0. The lowest BCUT2D eigenvalue weighted by atomic mass is 10.1. The molecule has 0 atom stereocenters. The molecule has 0 fully saturated rings. The molecule has 0 saturated carbocycles. The molecule has 0 spiro atoms. The zero-order valence-electron chi connectivity index (χ0n) is 9.25. The van der Waals surface area contributed by atoms with Crippen LogP contribution in [0, 0.1) is 5.82 Å². The number of nitrogens with two attached hydrogens (primary N) is 1. The van der Waals surface area contributed by atoms with Crippen LogP contribution in [0.25, 0.3) is 0 Å². The maximum atomic E-state index is 13.2. The lowest BCUT2D eigenvalue weighted by Crippen LogP contribution is -2.12. The van der Waals surface area contributed by atoms with Gasteiger partial charge in [0.05, 0.1) is 19.4 Å². The first-order valence-electron chi connectivity index (χ1n) is 4.90. The minimum Gasteiger partial charge on any atom is -0.496 e. The van der Waals surface area contributed by atoms with Gasteiger partial charge in [-0.2, -0.15) is 0 Å². The van der Waals surface area contributed by atoms with E-state index in [9.17, 15) is 9.18 Å². The standard InChI is InChI=1S/C11H14FNO3/c1-3-6-16-11(14)9-8(15-2)5-4-7(12)10(9)13/h4-5H,3,6,13H2,1-2H3. The number of carbonyl (C=O) groups excluding carboxylic acids is 1. The lowest BCUT2D eigenvalue weighted by Gasteiger charge is -2.11. The van der Waals surface area contributed by atoms with E-state index in [0.29, 0.717) is 6.42 Å². The van der Waals surface area contributed by atoms with Gasteiger partial charge in [-0.3, -0.25) is 0 Å². The van der Waals surface area contributed by atoms with Gasteiger partial charge in [-0.05, 0) is 18.6 Å². The van der Waals surface area contributed by atoms with Gasteiger partial charge in [0.1, 0.15) is 17.1 Å². The van der Waals surface area contributed by atoms with Gasteiger partial charge >= 0.3 is 5.97 Å². The molecule has 88 valence electrons. The Morgan fingerprint density at radius 2 is 2.19 bits per heavy atom. The molecule has 5 heteroatoms. The highest BCUT2D eigenvalue weighted by Crippen LogP contribution is 2.27. The van der Waals surface area contributed by atoms with E-state index in [1.807, 2.05) is 6.92 Å². The van der Waals surface area contributed by atoms with E-state index in [-0.39, 0.29) is 23.6 Å². The summed E-state index contributed by atoms with van der Waals surface area (Å²) in [6, 6.07) is 2.49. The van der Waals surface area contributed by atoms with Crippen LogP contribution in [0.2, 0.25) is 0 Å². The molecular formula is C11H14FNO3. The van der Waals surface area contributed by atoms with Gasteiger partial charge in [-0.25, -0.2) is 9.18 Å². The molecule has 1 aromatic carbocycles. The van der Waals surface area contributed by atoms with E-state index in [2.05, 4.69) is 0 Å². The number of ether oxygens (including phenoxy) is 2. The maximum absolute atomic E-state index is 13.2. The van der Waals surface area contributed by atoms with Crippen molar-refractivity contribution in [3.8, 4) is 5.75 Å². The molecule has 0 unspecified atom stereocenters. The third-order valence-corrected chi connectivity index (χ3v) is 2.02.